The molecule has 1 aliphatic heterocycles. The predicted molar refractivity (Wildman–Crippen MR) is 93.7 cm³/mol. The third-order valence-electron chi connectivity index (χ3n) is 4.39. The van der Waals surface area contributed by atoms with Crippen molar-refractivity contribution in [3.8, 4) is 11.5 Å². The molecular formula is C17H20N6S. The number of imidazole rings is 1. The van der Waals surface area contributed by atoms with Crippen LogP contribution < -0.4 is 0 Å². The first-order valence-electron chi connectivity index (χ1n) is 8.23. The van der Waals surface area contributed by atoms with Crippen LogP contribution in [0, 0.1) is 6.92 Å². The molecule has 4 rings (SSSR count). The van der Waals surface area contributed by atoms with Crippen molar-refractivity contribution in [2.45, 2.75) is 32.2 Å². The topological polar surface area (TPSA) is 70.6 Å². The van der Waals surface area contributed by atoms with Gasteiger partial charge in [0.2, 0.25) is 0 Å². The second-order valence-corrected chi connectivity index (χ2v) is 7.18. The second kappa shape index (κ2) is 6.78. The summed E-state index contributed by atoms with van der Waals surface area (Å²) in [5.41, 5.74) is 3.91. The molecule has 1 fully saturated rings. The third kappa shape index (κ3) is 3.37. The van der Waals surface area contributed by atoms with Gasteiger partial charge in [-0.2, -0.15) is 0 Å². The number of aryl methyl sites for hydroxylation is 1. The number of hydrogen-bond donors (Lipinski definition) is 1. The molecular weight excluding hydrogens is 320 g/mol. The van der Waals surface area contributed by atoms with Gasteiger partial charge < -0.3 is 4.98 Å². The lowest BCUT2D eigenvalue weighted by Crippen LogP contribution is -2.34. The summed E-state index contributed by atoms with van der Waals surface area (Å²) in [5, 5.41) is 0. The molecule has 0 radical (unpaired) electrons. The Morgan fingerprint density at radius 1 is 1.38 bits per heavy atom. The van der Waals surface area contributed by atoms with Gasteiger partial charge in [0, 0.05) is 48.2 Å². The number of rotatable bonds is 4. The minimum Gasteiger partial charge on any atom is -0.343 e. The van der Waals surface area contributed by atoms with Crippen LogP contribution in [0.3, 0.4) is 0 Å². The van der Waals surface area contributed by atoms with Crippen LogP contribution in [0.5, 0.6) is 0 Å². The maximum Gasteiger partial charge on any atom is 0.156 e. The van der Waals surface area contributed by atoms with E-state index in [1.807, 2.05) is 24.8 Å². The molecule has 1 aliphatic rings. The van der Waals surface area contributed by atoms with Crippen molar-refractivity contribution in [1.29, 1.82) is 0 Å². The average molecular weight is 340 g/mol. The highest BCUT2D eigenvalue weighted by molar-refractivity contribution is 7.09. The zero-order valence-corrected chi connectivity index (χ0v) is 14.5. The van der Waals surface area contributed by atoms with Crippen molar-refractivity contribution in [2.24, 2.45) is 0 Å². The van der Waals surface area contributed by atoms with E-state index in [0.717, 1.165) is 42.7 Å². The van der Waals surface area contributed by atoms with Crippen molar-refractivity contribution in [3.63, 3.8) is 0 Å². The summed E-state index contributed by atoms with van der Waals surface area (Å²) in [7, 11) is 0. The molecule has 1 atom stereocenters. The normalized spacial score (nSPS) is 18.8. The Kier molecular flexibility index (Phi) is 4.36. The lowest BCUT2D eigenvalue weighted by Gasteiger charge is -2.32. The van der Waals surface area contributed by atoms with Gasteiger partial charge in [-0.15, -0.1) is 11.3 Å². The average Bonchev–Trinajstić information content (AvgIpc) is 3.28. The lowest BCUT2D eigenvalue weighted by molar-refractivity contribution is 0.200. The van der Waals surface area contributed by atoms with E-state index in [4.69, 9.17) is 4.98 Å². The highest BCUT2D eigenvalue weighted by atomic mass is 32.1. The lowest BCUT2D eigenvalue weighted by atomic mass is 9.94. The van der Waals surface area contributed by atoms with E-state index in [2.05, 4.69) is 30.9 Å². The fraction of sp³-hybridized carbons (Fsp3) is 0.412. The Bertz CT molecular complexity index is 784. The van der Waals surface area contributed by atoms with E-state index >= 15 is 0 Å². The molecule has 7 heteroatoms. The van der Waals surface area contributed by atoms with E-state index < -0.39 is 0 Å². The molecule has 6 nitrogen and oxygen atoms in total. The maximum absolute atomic E-state index is 4.71. The van der Waals surface area contributed by atoms with Crippen LogP contribution in [0.25, 0.3) is 11.5 Å². The van der Waals surface area contributed by atoms with Gasteiger partial charge >= 0.3 is 0 Å². The molecule has 1 N–H and O–H groups in total. The van der Waals surface area contributed by atoms with Gasteiger partial charge in [-0.25, -0.2) is 15.0 Å². The van der Waals surface area contributed by atoms with E-state index in [1.54, 1.807) is 17.5 Å². The first-order valence-corrected chi connectivity index (χ1v) is 9.11. The van der Waals surface area contributed by atoms with Gasteiger partial charge in [0.05, 0.1) is 5.51 Å². The van der Waals surface area contributed by atoms with Crippen LogP contribution in [0.2, 0.25) is 0 Å². The van der Waals surface area contributed by atoms with Crippen LogP contribution in [0.4, 0.5) is 0 Å². The number of piperidine rings is 1. The standard InChI is InChI=1S/C17H20N6S/c1-12-21-15(7-16(22-12)17-19-4-5-20-17)13-3-2-6-23(9-13)10-14-8-18-11-24-14/h4-5,7-8,11,13H,2-3,6,9-10H2,1H3,(H,19,20)/t13-/m1/s1. The number of likely N-dealkylation sites (tertiary alicyclic amines) is 1. The number of hydrogen-bond acceptors (Lipinski definition) is 6. The van der Waals surface area contributed by atoms with E-state index in [1.165, 1.54) is 17.7 Å². The van der Waals surface area contributed by atoms with Gasteiger partial charge in [-0.1, -0.05) is 0 Å². The summed E-state index contributed by atoms with van der Waals surface area (Å²) in [5.74, 6) is 2.06. The van der Waals surface area contributed by atoms with Gasteiger partial charge in [0.1, 0.15) is 11.5 Å². The molecule has 0 amide bonds. The molecule has 3 aromatic rings. The summed E-state index contributed by atoms with van der Waals surface area (Å²) in [4.78, 5) is 24.7. The molecule has 0 spiro atoms. The number of aromatic nitrogens is 5. The predicted octanol–water partition coefficient (Wildman–Crippen LogP) is 3.01. The zero-order valence-electron chi connectivity index (χ0n) is 13.6. The van der Waals surface area contributed by atoms with Crippen molar-refractivity contribution in [1.82, 2.24) is 29.8 Å². The summed E-state index contributed by atoms with van der Waals surface area (Å²) in [6.45, 7) is 5.11. The zero-order chi connectivity index (χ0) is 16.4. The van der Waals surface area contributed by atoms with Crippen LogP contribution in [0.1, 0.15) is 35.2 Å². The fourth-order valence-corrected chi connectivity index (χ4v) is 3.94. The largest absolute Gasteiger partial charge is 0.343 e. The molecule has 0 unspecified atom stereocenters. The smallest absolute Gasteiger partial charge is 0.156 e. The summed E-state index contributed by atoms with van der Waals surface area (Å²) >= 11 is 1.73. The first kappa shape index (κ1) is 15.4. The minimum absolute atomic E-state index is 0.446. The third-order valence-corrected chi connectivity index (χ3v) is 5.15. The van der Waals surface area contributed by atoms with Crippen LogP contribution >= 0.6 is 11.3 Å². The molecule has 4 heterocycles. The monoisotopic (exact) mass is 340 g/mol. The van der Waals surface area contributed by atoms with Crippen molar-refractivity contribution in [2.75, 3.05) is 13.1 Å². The number of nitrogens with zero attached hydrogens (tertiary/aromatic N) is 5. The maximum atomic E-state index is 4.71. The highest BCUT2D eigenvalue weighted by Gasteiger charge is 2.24. The van der Waals surface area contributed by atoms with Crippen LogP contribution in [-0.4, -0.2) is 42.9 Å². The van der Waals surface area contributed by atoms with Gasteiger partial charge in [0.25, 0.3) is 0 Å². The molecule has 0 aliphatic carbocycles. The quantitative estimate of drug-likeness (QED) is 0.790. The number of aromatic amines is 1. The van der Waals surface area contributed by atoms with Crippen molar-refractivity contribution in [3.05, 3.63) is 46.6 Å². The Balaban J connectivity index is 1.54. The fourth-order valence-electron chi connectivity index (χ4n) is 3.31. The summed E-state index contributed by atoms with van der Waals surface area (Å²) < 4.78 is 0. The van der Waals surface area contributed by atoms with E-state index in [0.29, 0.717) is 5.92 Å². The molecule has 0 saturated carbocycles. The molecule has 24 heavy (non-hydrogen) atoms. The first-order chi connectivity index (χ1) is 11.8. The molecule has 0 aromatic carbocycles. The highest BCUT2D eigenvalue weighted by Crippen LogP contribution is 2.28. The van der Waals surface area contributed by atoms with Crippen molar-refractivity contribution < 1.29 is 0 Å². The van der Waals surface area contributed by atoms with E-state index in [-0.39, 0.29) is 0 Å². The Hall–Kier alpha value is -2.12. The molecule has 3 aromatic heterocycles. The van der Waals surface area contributed by atoms with Gasteiger partial charge in [-0.3, -0.25) is 9.88 Å². The Labute approximate surface area is 145 Å². The molecule has 0 bridgehead atoms. The Morgan fingerprint density at radius 2 is 2.33 bits per heavy atom. The Morgan fingerprint density at radius 3 is 3.12 bits per heavy atom. The number of H-pyrrole nitrogens is 1. The minimum atomic E-state index is 0.446. The molecule has 1 saturated heterocycles. The second-order valence-electron chi connectivity index (χ2n) is 6.21. The van der Waals surface area contributed by atoms with Crippen molar-refractivity contribution >= 4 is 11.3 Å². The summed E-state index contributed by atoms with van der Waals surface area (Å²) in [6.07, 6.45) is 7.92. The SMILES string of the molecule is Cc1nc(-c2ncc[nH]2)cc([C@@H]2CCCN(Cc3cncs3)C2)n1. The van der Waals surface area contributed by atoms with Gasteiger partial charge in [0.15, 0.2) is 5.82 Å². The van der Waals surface area contributed by atoms with E-state index in [9.17, 15) is 0 Å². The van der Waals surface area contributed by atoms with Crippen LogP contribution in [0.15, 0.2) is 30.2 Å². The van der Waals surface area contributed by atoms with Crippen LogP contribution in [-0.2, 0) is 6.54 Å². The number of thiazole rings is 1. The summed E-state index contributed by atoms with van der Waals surface area (Å²) in [6, 6.07) is 2.09. The number of nitrogens with one attached hydrogen (secondary N) is 1. The van der Waals surface area contributed by atoms with Gasteiger partial charge in [-0.05, 0) is 32.4 Å². The molecule has 124 valence electrons.